The van der Waals surface area contributed by atoms with Crippen molar-refractivity contribution in [2.45, 2.75) is 58.3 Å². The maximum Gasteiger partial charge on any atom is 0.0701 e. The van der Waals surface area contributed by atoms with E-state index in [4.69, 9.17) is 33.2 Å². The molecule has 0 saturated heterocycles. The van der Waals surface area contributed by atoms with E-state index in [2.05, 4.69) is 29.5 Å². The Bertz CT molecular complexity index is 295. The van der Waals surface area contributed by atoms with Crippen molar-refractivity contribution in [1.29, 1.82) is 0 Å². The second-order valence-corrected chi connectivity index (χ2v) is 8.53. The van der Waals surface area contributed by atoms with Crippen LogP contribution in [0, 0.1) is 0 Å². The van der Waals surface area contributed by atoms with Gasteiger partial charge in [0.2, 0.25) is 0 Å². The van der Waals surface area contributed by atoms with Gasteiger partial charge in [-0.3, -0.25) is 0 Å². The maximum absolute atomic E-state index is 5.60. The molecule has 0 heterocycles. The van der Waals surface area contributed by atoms with Gasteiger partial charge in [-0.15, -0.1) is 0 Å². The van der Waals surface area contributed by atoms with Crippen molar-refractivity contribution in [3.8, 4) is 0 Å². The molecule has 0 saturated carbocycles. The molecule has 8 heteroatoms. The Hall–Kier alpha value is 0.450. The van der Waals surface area contributed by atoms with Gasteiger partial charge in [0.05, 0.1) is 85.9 Å². The summed E-state index contributed by atoms with van der Waals surface area (Å²) in [5.41, 5.74) is 0. The zero-order valence-corrected chi connectivity index (χ0v) is 22.7. The fourth-order valence-electron chi connectivity index (χ4n) is 2.81. The summed E-state index contributed by atoms with van der Waals surface area (Å²) in [5.74, 6) is 0. The van der Waals surface area contributed by atoms with Crippen LogP contribution in [-0.2, 0) is 33.2 Å². The van der Waals surface area contributed by atoms with Crippen LogP contribution in [0.25, 0.3) is 0 Å². The fraction of sp³-hybridized carbons (Fsp3) is 1.00. The van der Waals surface area contributed by atoms with Crippen LogP contribution in [0.2, 0.25) is 0 Å². The minimum absolute atomic E-state index is 0.564. The molecule has 194 valence electrons. The summed E-state index contributed by atoms with van der Waals surface area (Å²) in [6.45, 7) is 11.0. The van der Waals surface area contributed by atoms with Crippen LogP contribution in [0.5, 0.6) is 0 Å². The first-order chi connectivity index (χ1) is 15.9. The Morgan fingerprint density at radius 3 is 0.969 bits per heavy atom. The normalized spacial score (nSPS) is 11.4. The SMILES string of the molecule is CCCCCCCCCCOCCOCCOCCOCCOCCOCCOCCI. The number of hydrogen-bond acceptors (Lipinski definition) is 7. The maximum atomic E-state index is 5.60. The number of alkyl halides is 1. The van der Waals surface area contributed by atoms with E-state index in [0.29, 0.717) is 79.3 Å². The molecule has 0 bridgehead atoms. The highest BCUT2D eigenvalue weighted by molar-refractivity contribution is 14.1. The minimum Gasteiger partial charge on any atom is -0.379 e. The first kappa shape index (κ1) is 32.5. The van der Waals surface area contributed by atoms with Gasteiger partial charge < -0.3 is 33.2 Å². The third kappa shape index (κ3) is 30.5. The molecule has 0 aliphatic rings. The molecular formula is C24H49IO7. The largest absolute Gasteiger partial charge is 0.379 e. The Kier molecular flexibility index (Phi) is 31.9. The van der Waals surface area contributed by atoms with Crippen LogP contribution in [0.1, 0.15) is 58.3 Å². The van der Waals surface area contributed by atoms with E-state index in [9.17, 15) is 0 Å². The van der Waals surface area contributed by atoms with E-state index in [1.807, 2.05) is 0 Å². The first-order valence-electron chi connectivity index (χ1n) is 12.5. The first-order valence-corrected chi connectivity index (χ1v) is 14.0. The lowest BCUT2D eigenvalue weighted by Gasteiger charge is -2.08. The zero-order valence-electron chi connectivity index (χ0n) is 20.5. The lowest BCUT2D eigenvalue weighted by molar-refractivity contribution is -0.0201. The second kappa shape index (κ2) is 31.5. The van der Waals surface area contributed by atoms with Crippen molar-refractivity contribution in [3.05, 3.63) is 0 Å². The van der Waals surface area contributed by atoms with Gasteiger partial charge in [-0.25, -0.2) is 0 Å². The molecule has 0 radical (unpaired) electrons. The number of rotatable bonds is 29. The van der Waals surface area contributed by atoms with Gasteiger partial charge in [-0.05, 0) is 6.42 Å². The molecule has 0 aromatic carbocycles. The predicted octanol–water partition coefficient (Wildman–Crippen LogP) is 4.68. The van der Waals surface area contributed by atoms with Crippen molar-refractivity contribution in [2.24, 2.45) is 0 Å². The molecule has 7 nitrogen and oxygen atoms in total. The van der Waals surface area contributed by atoms with Crippen molar-refractivity contribution >= 4 is 22.6 Å². The highest BCUT2D eigenvalue weighted by Gasteiger charge is 1.95. The molecule has 0 aromatic rings. The summed E-state index contributed by atoms with van der Waals surface area (Å²) >= 11 is 2.29. The summed E-state index contributed by atoms with van der Waals surface area (Å²) in [6.07, 6.45) is 10.6. The Labute approximate surface area is 210 Å². The second-order valence-electron chi connectivity index (χ2n) is 7.45. The van der Waals surface area contributed by atoms with Crippen LogP contribution in [-0.4, -0.2) is 96.9 Å². The van der Waals surface area contributed by atoms with Crippen LogP contribution in [0.15, 0.2) is 0 Å². The number of unbranched alkanes of at least 4 members (excludes halogenated alkanes) is 7. The third-order valence-electron chi connectivity index (χ3n) is 4.60. The lowest BCUT2D eigenvalue weighted by Crippen LogP contribution is -2.14. The summed E-state index contributed by atoms with van der Waals surface area (Å²) in [6, 6.07) is 0. The van der Waals surface area contributed by atoms with Gasteiger partial charge in [0.15, 0.2) is 0 Å². The average molecular weight is 577 g/mol. The van der Waals surface area contributed by atoms with Crippen molar-refractivity contribution < 1.29 is 33.2 Å². The molecule has 0 atom stereocenters. The van der Waals surface area contributed by atoms with Crippen molar-refractivity contribution in [1.82, 2.24) is 0 Å². The Balaban J connectivity index is 2.98. The van der Waals surface area contributed by atoms with E-state index in [0.717, 1.165) is 24.1 Å². The Morgan fingerprint density at radius 2 is 0.625 bits per heavy atom. The van der Waals surface area contributed by atoms with Crippen molar-refractivity contribution in [3.63, 3.8) is 0 Å². The van der Waals surface area contributed by atoms with Gasteiger partial charge in [0.25, 0.3) is 0 Å². The molecule has 0 aliphatic carbocycles. The lowest BCUT2D eigenvalue weighted by atomic mass is 10.1. The molecule has 0 spiro atoms. The quantitative estimate of drug-likeness (QED) is 0.0728. The van der Waals surface area contributed by atoms with E-state index < -0.39 is 0 Å². The summed E-state index contributed by atoms with van der Waals surface area (Å²) in [5, 5.41) is 0. The topological polar surface area (TPSA) is 64.6 Å². The molecular weight excluding hydrogens is 527 g/mol. The van der Waals surface area contributed by atoms with E-state index in [1.165, 1.54) is 44.9 Å². The van der Waals surface area contributed by atoms with Gasteiger partial charge >= 0.3 is 0 Å². The predicted molar refractivity (Wildman–Crippen MR) is 137 cm³/mol. The Morgan fingerprint density at radius 1 is 0.344 bits per heavy atom. The van der Waals surface area contributed by atoms with E-state index in [1.54, 1.807) is 0 Å². The van der Waals surface area contributed by atoms with Gasteiger partial charge in [-0.1, -0.05) is 74.5 Å². The van der Waals surface area contributed by atoms with Crippen LogP contribution < -0.4 is 0 Å². The molecule has 0 fully saturated rings. The fourth-order valence-corrected chi connectivity index (χ4v) is 3.13. The van der Waals surface area contributed by atoms with Gasteiger partial charge in [0, 0.05) is 11.0 Å². The smallest absolute Gasteiger partial charge is 0.0701 e. The summed E-state index contributed by atoms with van der Waals surface area (Å²) in [7, 11) is 0. The molecule has 0 aromatic heterocycles. The minimum atomic E-state index is 0.564. The number of ether oxygens (including phenoxy) is 7. The highest BCUT2D eigenvalue weighted by Crippen LogP contribution is 2.08. The van der Waals surface area contributed by atoms with E-state index in [-0.39, 0.29) is 0 Å². The van der Waals surface area contributed by atoms with Crippen molar-refractivity contribution in [2.75, 3.05) is 96.9 Å². The van der Waals surface area contributed by atoms with E-state index >= 15 is 0 Å². The third-order valence-corrected chi connectivity index (χ3v) is 5.04. The zero-order chi connectivity index (χ0) is 23.2. The molecule has 0 aliphatic heterocycles. The molecule has 0 rings (SSSR count). The summed E-state index contributed by atoms with van der Waals surface area (Å²) in [4.78, 5) is 0. The van der Waals surface area contributed by atoms with Gasteiger partial charge in [0.1, 0.15) is 0 Å². The number of halogens is 1. The summed E-state index contributed by atoms with van der Waals surface area (Å²) < 4.78 is 39.2. The monoisotopic (exact) mass is 576 g/mol. The van der Waals surface area contributed by atoms with Crippen LogP contribution >= 0.6 is 22.6 Å². The van der Waals surface area contributed by atoms with Gasteiger partial charge in [-0.2, -0.15) is 0 Å². The van der Waals surface area contributed by atoms with Crippen LogP contribution in [0.4, 0.5) is 0 Å². The van der Waals surface area contributed by atoms with Crippen LogP contribution in [0.3, 0.4) is 0 Å². The molecule has 0 amide bonds. The highest BCUT2D eigenvalue weighted by atomic mass is 127. The number of hydrogen-bond donors (Lipinski definition) is 0. The molecule has 0 N–H and O–H groups in total. The molecule has 32 heavy (non-hydrogen) atoms. The standard InChI is InChI=1S/C24H49IO7/c1-2-3-4-5-6-7-8-9-11-26-13-15-28-17-19-30-21-23-32-24-22-31-20-18-29-16-14-27-12-10-25/h2-24H2,1H3. The molecule has 0 unspecified atom stereocenters. The average Bonchev–Trinajstić information content (AvgIpc) is 2.81.